The van der Waals surface area contributed by atoms with Gasteiger partial charge in [0, 0.05) is 10.9 Å². The van der Waals surface area contributed by atoms with Gasteiger partial charge in [0.25, 0.3) is 0 Å². The summed E-state index contributed by atoms with van der Waals surface area (Å²) in [5.74, 6) is -0.149. The van der Waals surface area contributed by atoms with Crippen LogP contribution in [0.4, 0.5) is 0 Å². The Morgan fingerprint density at radius 1 is 1.05 bits per heavy atom. The highest BCUT2D eigenvalue weighted by molar-refractivity contribution is 9.10. The number of benzene rings is 2. The van der Waals surface area contributed by atoms with Crippen LogP contribution in [-0.4, -0.2) is 14.2 Å². The number of carbonyl (C=O) groups excluding carboxylic acids is 1. The standard InChI is InChI=1S/C16H15BrO3S/c1-12(18)11-16(13-5-3-2-4-6-13)21(19,20)15-9-7-14(17)8-10-15/h2-10,16H,11H2,1H3. The molecule has 2 rings (SSSR count). The van der Waals surface area contributed by atoms with Crippen molar-refractivity contribution in [3.8, 4) is 0 Å². The average Bonchev–Trinajstić information content (AvgIpc) is 2.46. The third-order valence-electron chi connectivity index (χ3n) is 3.16. The molecule has 5 heteroatoms. The van der Waals surface area contributed by atoms with Crippen LogP contribution in [0.25, 0.3) is 0 Å². The lowest BCUT2D eigenvalue weighted by Crippen LogP contribution is -2.16. The van der Waals surface area contributed by atoms with Crippen LogP contribution in [0.15, 0.2) is 64.0 Å². The van der Waals surface area contributed by atoms with Crippen molar-refractivity contribution in [3.63, 3.8) is 0 Å². The molecule has 0 N–H and O–H groups in total. The first kappa shape index (κ1) is 15.9. The van der Waals surface area contributed by atoms with Crippen LogP contribution >= 0.6 is 15.9 Å². The molecule has 0 radical (unpaired) electrons. The molecular formula is C16H15BrO3S. The summed E-state index contributed by atoms with van der Waals surface area (Å²) in [5, 5.41) is -0.850. The van der Waals surface area contributed by atoms with E-state index in [1.807, 2.05) is 6.07 Å². The fourth-order valence-electron chi connectivity index (χ4n) is 2.12. The van der Waals surface area contributed by atoms with Crippen molar-refractivity contribution in [1.82, 2.24) is 0 Å². The van der Waals surface area contributed by atoms with E-state index in [0.29, 0.717) is 5.56 Å². The fourth-order valence-corrected chi connectivity index (χ4v) is 4.20. The molecule has 1 atom stereocenters. The second-order valence-electron chi connectivity index (χ2n) is 4.80. The lowest BCUT2D eigenvalue weighted by molar-refractivity contribution is -0.117. The van der Waals surface area contributed by atoms with Gasteiger partial charge in [-0.05, 0) is 36.8 Å². The van der Waals surface area contributed by atoms with E-state index in [4.69, 9.17) is 0 Å². The topological polar surface area (TPSA) is 51.2 Å². The van der Waals surface area contributed by atoms with Gasteiger partial charge in [-0.1, -0.05) is 46.3 Å². The van der Waals surface area contributed by atoms with Crippen LogP contribution in [0.2, 0.25) is 0 Å². The van der Waals surface area contributed by atoms with Crippen molar-refractivity contribution in [2.75, 3.05) is 0 Å². The van der Waals surface area contributed by atoms with Gasteiger partial charge in [0.1, 0.15) is 5.78 Å². The number of hydrogen-bond donors (Lipinski definition) is 0. The van der Waals surface area contributed by atoms with Crippen LogP contribution in [-0.2, 0) is 14.6 Å². The summed E-state index contributed by atoms with van der Waals surface area (Å²) in [6.07, 6.45) is -0.0254. The van der Waals surface area contributed by atoms with Gasteiger partial charge in [-0.3, -0.25) is 4.79 Å². The molecule has 0 amide bonds. The van der Waals surface area contributed by atoms with Crippen LogP contribution in [0.3, 0.4) is 0 Å². The second kappa shape index (κ2) is 6.54. The highest BCUT2D eigenvalue weighted by atomic mass is 79.9. The number of rotatable bonds is 5. The molecule has 0 aliphatic rings. The van der Waals surface area contributed by atoms with Crippen molar-refractivity contribution in [2.45, 2.75) is 23.5 Å². The second-order valence-corrected chi connectivity index (χ2v) is 7.85. The van der Waals surface area contributed by atoms with Gasteiger partial charge in [-0.2, -0.15) is 0 Å². The predicted molar refractivity (Wildman–Crippen MR) is 85.8 cm³/mol. The van der Waals surface area contributed by atoms with Crippen LogP contribution in [0, 0.1) is 0 Å². The molecule has 2 aromatic rings. The highest BCUT2D eigenvalue weighted by Crippen LogP contribution is 2.32. The zero-order valence-corrected chi connectivity index (χ0v) is 13.9. The Hall–Kier alpha value is -1.46. The van der Waals surface area contributed by atoms with E-state index in [1.165, 1.54) is 6.92 Å². The molecule has 3 nitrogen and oxygen atoms in total. The number of carbonyl (C=O) groups is 1. The smallest absolute Gasteiger partial charge is 0.185 e. The summed E-state index contributed by atoms with van der Waals surface area (Å²) in [5.41, 5.74) is 0.635. The molecule has 0 saturated carbocycles. The van der Waals surface area contributed by atoms with E-state index in [2.05, 4.69) is 15.9 Å². The van der Waals surface area contributed by atoms with Crippen LogP contribution in [0.5, 0.6) is 0 Å². The van der Waals surface area contributed by atoms with E-state index < -0.39 is 15.1 Å². The zero-order chi connectivity index (χ0) is 15.5. The molecular weight excluding hydrogens is 352 g/mol. The molecule has 0 aliphatic carbocycles. The van der Waals surface area contributed by atoms with E-state index in [9.17, 15) is 13.2 Å². The first-order valence-electron chi connectivity index (χ1n) is 6.45. The third kappa shape index (κ3) is 3.80. The van der Waals surface area contributed by atoms with Crippen molar-refractivity contribution < 1.29 is 13.2 Å². The molecule has 0 saturated heterocycles. The Morgan fingerprint density at radius 3 is 2.14 bits per heavy atom. The summed E-state index contributed by atoms with van der Waals surface area (Å²) < 4.78 is 26.4. The summed E-state index contributed by atoms with van der Waals surface area (Å²) in [7, 11) is -3.61. The molecule has 1 unspecified atom stereocenters. The van der Waals surface area contributed by atoms with E-state index in [1.54, 1.807) is 48.5 Å². The minimum absolute atomic E-state index is 0.0254. The molecule has 21 heavy (non-hydrogen) atoms. The SMILES string of the molecule is CC(=O)CC(c1ccccc1)S(=O)(=O)c1ccc(Br)cc1. The molecule has 0 spiro atoms. The van der Waals surface area contributed by atoms with E-state index >= 15 is 0 Å². The van der Waals surface area contributed by atoms with Gasteiger partial charge >= 0.3 is 0 Å². The summed E-state index contributed by atoms with van der Waals surface area (Å²) in [6, 6.07) is 15.3. The fraction of sp³-hybridized carbons (Fsp3) is 0.188. The van der Waals surface area contributed by atoms with Gasteiger partial charge in [0.15, 0.2) is 9.84 Å². The van der Waals surface area contributed by atoms with Gasteiger partial charge < -0.3 is 0 Å². The Morgan fingerprint density at radius 2 is 1.62 bits per heavy atom. The molecule has 0 fully saturated rings. The minimum atomic E-state index is -3.61. The molecule has 0 heterocycles. The maximum absolute atomic E-state index is 12.8. The minimum Gasteiger partial charge on any atom is -0.300 e. The van der Waals surface area contributed by atoms with Crippen molar-refractivity contribution in [2.24, 2.45) is 0 Å². The molecule has 0 aromatic heterocycles. The van der Waals surface area contributed by atoms with Crippen molar-refractivity contribution >= 4 is 31.6 Å². The Balaban J connectivity index is 2.49. The number of hydrogen-bond acceptors (Lipinski definition) is 3. The van der Waals surface area contributed by atoms with Gasteiger partial charge in [-0.15, -0.1) is 0 Å². The first-order chi connectivity index (χ1) is 9.91. The average molecular weight is 367 g/mol. The maximum Gasteiger partial charge on any atom is 0.185 e. The maximum atomic E-state index is 12.8. The first-order valence-corrected chi connectivity index (χ1v) is 8.79. The van der Waals surface area contributed by atoms with Crippen molar-refractivity contribution in [1.29, 1.82) is 0 Å². The largest absolute Gasteiger partial charge is 0.300 e. The molecule has 0 aliphatic heterocycles. The van der Waals surface area contributed by atoms with Crippen molar-refractivity contribution in [3.05, 3.63) is 64.6 Å². The lowest BCUT2D eigenvalue weighted by atomic mass is 10.1. The number of halogens is 1. The summed E-state index contributed by atoms with van der Waals surface area (Å²) >= 11 is 3.29. The van der Waals surface area contributed by atoms with E-state index in [-0.39, 0.29) is 17.1 Å². The Labute approximate surface area is 133 Å². The highest BCUT2D eigenvalue weighted by Gasteiger charge is 2.30. The number of Topliss-reactive ketones (excluding diaryl/α,β-unsaturated/α-hetero) is 1. The zero-order valence-electron chi connectivity index (χ0n) is 11.5. The van der Waals surface area contributed by atoms with Gasteiger partial charge in [-0.25, -0.2) is 8.42 Å². The van der Waals surface area contributed by atoms with Gasteiger partial charge in [0.05, 0.1) is 10.1 Å². The Bertz CT molecular complexity index is 722. The monoisotopic (exact) mass is 366 g/mol. The number of ketones is 1. The normalized spacial score (nSPS) is 12.9. The molecule has 2 aromatic carbocycles. The van der Waals surface area contributed by atoms with Crippen LogP contribution < -0.4 is 0 Å². The Kier molecular flexibility index (Phi) is 4.96. The lowest BCUT2D eigenvalue weighted by Gasteiger charge is -2.17. The number of sulfone groups is 1. The quantitative estimate of drug-likeness (QED) is 0.804. The predicted octanol–water partition coefficient (Wildman–Crippen LogP) is 3.94. The van der Waals surface area contributed by atoms with E-state index in [0.717, 1.165) is 4.47 Å². The molecule has 110 valence electrons. The summed E-state index contributed by atoms with van der Waals surface area (Å²) in [6.45, 7) is 1.41. The van der Waals surface area contributed by atoms with Gasteiger partial charge in [0.2, 0.25) is 0 Å². The summed E-state index contributed by atoms with van der Waals surface area (Å²) in [4.78, 5) is 11.7. The van der Waals surface area contributed by atoms with Crippen LogP contribution in [0.1, 0.15) is 24.2 Å². The third-order valence-corrected chi connectivity index (χ3v) is 5.81. The molecule has 0 bridgehead atoms.